The summed E-state index contributed by atoms with van der Waals surface area (Å²) < 4.78 is 0. The van der Waals surface area contributed by atoms with Gasteiger partial charge in [0.1, 0.15) is 12.1 Å². The Morgan fingerprint density at radius 3 is 2.20 bits per heavy atom. The molecule has 14 nitrogen and oxygen atoms in total. The Morgan fingerprint density at radius 2 is 1.73 bits per heavy atom. The van der Waals surface area contributed by atoms with Crippen LogP contribution >= 0.6 is 0 Å². The lowest BCUT2D eigenvalue weighted by Gasteiger charge is -2.25. The van der Waals surface area contributed by atoms with Gasteiger partial charge in [0.05, 0.1) is 27.9 Å². The monoisotopic (exact) mass is 423 g/mol. The van der Waals surface area contributed by atoms with Gasteiger partial charge in [-0.2, -0.15) is 0 Å². The topological polar surface area (TPSA) is 216 Å². The number of likely N-dealkylation sites (tertiary alicyclic amines) is 1. The molecular weight excluding hydrogens is 406 g/mol. The van der Waals surface area contributed by atoms with E-state index in [0.29, 0.717) is 12.5 Å². The first-order valence-corrected chi connectivity index (χ1v) is 8.57. The van der Waals surface area contributed by atoms with E-state index in [-0.39, 0.29) is 18.5 Å². The van der Waals surface area contributed by atoms with Gasteiger partial charge in [-0.1, -0.05) is 0 Å². The summed E-state index contributed by atoms with van der Waals surface area (Å²) in [4.78, 5) is 68.8. The summed E-state index contributed by atoms with van der Waals surface area (Å²) in [6.07, 6.45) is -0.120. The first kappa shape index (κ1) is 22.2. The van der Waals surface area contributed by atoms with Crippen LogP contribution in [0, 0.1) is 20.2 Å². The van der Waals surface area contributed by atoms with Crippen LogP contribution in [0.4, 0.5) is 11.4 Å². The molecule has 0 radical (unpaired) electrons. The third kappa shape index (κ3) is 5.03. The minimum Gasteiger partial charge on any atom is -0.480 e. The summed E-state index contributed by atoms with van der Waals surface area (Å²) in [6.45, 7) is 0.0704. The summed E-state index contributed by atoms with van der Waals surface area (Å²) in [5, 5.41) is 33.3. The van der Waals surface area contributed by atoms with Gasteiger partial charge < -0.3 is 21.1 Å². The van der Waals surface area contributed by atoms with Crippen LogP contribution in [0.2, 0.25) is 0 Å². The summed E-state index contributed by atoms with van der Waals surface area (Å²) in [5.74, 6) is -4.16. The normalized spacial score (nSPS) is 16.5. The number of nitro groups is 2. The molecule has 2 rings (SSSR count). The molecule has 3 amide bonds. The molecule has 1 aliphatic heterocycles. The summed E-state index contributed by atoms with van der Waals surface area (Å²) in [6, 6.07) is -0.297. The molecular formula is C16H17N5O9. The molecule has 0 aromatic heterocycles. The number of nitro benzene ring substituents is 2. The van der Waals surface area contributed by atoms with Crippen molar-refractivity contribution in [2.24, 2.45) is 5.73 Å². The lowest BCUT2D eigenvalue weighted by molar-refractivity contribution is -0.394. The van der Waals surface area contributed by atoms with Gasteiger partial charge in [-0.3, -0.25) is 34.6 Å². The highest BCUT2D eigenvalue weighted by Crippen LogP contribution is 2.26. The molecule has 0 unspecified atom stereocenters. The van der Waals surface area contributed by atoms with Crippen molar-refractivity contribution in [2.45, 2.75) is 31.3 Å². The van der Waals surface area contributed by atoms with E-state index in [4.69, 9.17) is 10.8 Å². The quantitative estimate of drug-likeness (QED) is 0.364. The number of aliphatic carboxylic acids is 1. The summed E-state index contributed by atoms with van der Waals surface area (Å²) >= 11 is 0. The van der Waals surface area contributed by atoms with Crippen LogP contribution < -0.4 is 11.1 Å². The Hall–Kier alpha value is -4.10. The maximum Gasteiger partial charge on any atom is 0.326 e. The largest absolute Gasteiger partial charge is 0.480 e. The van der Waals surface area contributed by atoms with Crippen LogP contribution in [-0.4, -0.2) is 62.2 Å². The standard InChI is InChI=1S/C16H17N5O9/c17-13(22)7-11(16(25)26)18-14(23)12-2-1-3-19(12)15(24)8-4-9(20(27)28)6-10(5-8)21(29)30/h4-6,11-12H,1-3,7H2,(H2,17,22)(H,18,23)(H,25,26)/t11-,12+/m1/s1. The van der Waals surface area contributed by atoms with Crippen LogP contribution in [0.15, 0.2) is 18.2 Å². The molecule has 1 fully saturated rings. The first-order chi connectivity index (χ1) is 14.0. The average molecular weight is 423 g/mol. The number of benzene rings is 1. The van der Waals surface area contributed by atoms with Gasteiger partial charge in [0.25, 0.3) is 17.3 Å². The number of primary amides is 1. The van der Waals surface area contributed by atoms with Gasteiger partial charge in [0.2, 0.25) is 11.8 Å². The third-order valence-electron chi connectivity index (χ3n) is 4.41. The van der Waals surface area contributed by atoms with E-state index < -0.39 is 63.4 Å². The lowest BCUT2D eigenvalue weighted by atomic mass is 10.1. The van der Waals surface area contributed by atoms with Gasteiger partial charge in [-0.05, 0) is 12.8 Å². The highest BCUT2D eigenvalue weighted by atomic mass is 16.6. The second kappa shape index (κ2) is 8.93. The highest BCUT2D eigenvalue weighted by molar-refractivity contribution is 5.99. The number of carbonyl (C=O) groups is 4. The average Bonchev–Trinajstić information content (AvgIpc) is 3.15. The van der Waals surface area contributed by atoms with E-state index >= 15 is 0 Å². The van der Waals surface area contributed by atoms with Crippen molar-refractivity contribution in [3.8, 4) is 0 Å². The molecule has 0 aliphatic carbocycles. The van der Waals surface area contributed by atoms with Crippen LogP contribution in [0.5, 0.6) is 0 Å². The molecule has 14 heteroatoms. The smallest absolute Gasteiger partial charge is 0.326 e. The van der Waals surface area contributed by atoms with Crippen LogP contribution in [-0.2, 0) is 14.4 Å². The van der Waals surface area contributed by atoms with Gasteiger partial charge >= 0.3 is 5.97 Å². The summed E-state index contributed by atoms with van der Waals surface area (Å²) in [5.41, 5.74) is 3.27. The molecule has 1 aromatic carbocycles. The predicted molar refractivity (Wildman–Crippen MR) is 97.2 cm³/mol. The van der Waals surface area contributed by atoms with Crippen molar-refractivity contribution in [1.29, 1.82) is 0 Å². The molecule has 1 heterocycles. The lowest BCUT2D eigenvalue weighted by Crippen LogP contribution is -2.51. The molecule has 30 heavy (non-hydrogen) atoms. The van der Waals surface area contributed by atoms with E-state index in [1.807, 2.05) is 0 Å². The fraction of sp³-hybridized carbons (Fsp3) is 0.375. The zero-order valence-corrected chi connectivity index (χ0v) is 15.3. The van der Waals surface area contributed by atoms with Gasteiger partial charge in [0, 0.05) is 18.7 Å². The Bertz CT molecular complexity index is 899. The Morgan fingerprint density at radius 1 is 1.17 bits per heavy atom. The van der Waals surface area contributed by atoms with Crippen LogP contribution in [0.25, 0.3) is 0 Å². The molecule has 0 saturated carbocycles. The SMILES string of the molecule is NC(=O)C[C@@H](NC(=O)[C@@H]1CCCN1C(=O)c1cc([N+](=O)[O-])cc([N+](=O)[O-])c1)C(=O)O. The predicted octanol–water partition coefficient (Wildman–Crippen LogP) is -0.448. The van der Waals surface area contributed by atoms with E-state index in [1.54, 1.807) is 0 Å². The molecule has 0 spiro atoms. The van der Waals surface area contributed by atoms with E-state index in [9.17, 15) is 39.4 Å². The van der Waals surface area contributed by atoms with Crippen molar-refractivity contribution >= 4 is 35.1 Å². The molecule has 160 valence electrons. The minimum absolute atomic E-state index is 0.0704. The number of carbonyl (C=O) groups excluding carboxylic acids is 3. The third-order valence-corrected chi connectivity index (χ3v) is 4.41. The van der Waals surface area contributed by atoms with Crippen LogP contribution in [0.3, 0.4) is 0 Å². The number of carboxylic acids is 1. The van der Waals surface area contributed by atoms with Crippen molar-refractivity contribution in [1.82, 2.24) is 10.2 Å². The molecule has 1 aliphatic rings. The van der Waals surface area contributed by atoms with Crippen molar-refractivity contribution < 1.29 is 34.1 Å². The second-order valence-electron chi connectivity index (χ2n) is 6.48. The van der Waals surface area contributed by atoms with Crippen molar-refractivity contribution in [3.63, 3.8) is 0 Å². The Kier molecular flexibility index (Phi) is 6.61. The zero-order chi connectivity index (χ0) is 22.6. The fourth-order valence-corrected chi connectivity index (χ4v) is 3.05. The number of rotatable bonds is 8. The molecule has 2 atom stereocenters. The number of nitrogens with one attached hydrogen (secondary N) is 1. The molecule has 0 bridgehead atoms. The van der Waals surface area contributed by atoms with Crippen molar-refractivity contribution in [2.75, 3.05) is 6.54 Å². The number of hydrogen-bond acceptors (Lipinski definition) is 8. The minimum atomic E-state index is -1.59. The molecule has 1 saturated heterocycles. The van der Waals surface area contributed by atoms with Gasteiger partial charge in [-0.25, -0.2) is 4.79 Å². The summed E-state index contributed by atoms with van der Waals surface area (Å²) in [7, 11) is 0. The first-order valence-electron chi connectivity index (χ1n) is 8.57. The van der Waals surface area contributed by atoms with E-state index in [0.717, 1.165) is 17.0 Å². The fourth-order valence-electron chi connectivity index (χ4n) is 3.05. The highest BCUT2D eigenvalue weighted by Gasteiger charge is 2.37. The van der Waals surface area contributed by atoms with E-state index in [2.05, 4.69) is 5.32 Å². The van der Waals surface area contributed by atoms with Gasteiger partial charge in [0.15, 0.2) is 0 Å². The van der Waals surface area contributed by atoms with Crippen LogP contribution in [0.1, 0.15) is 29.6 Å². The maximum atomic E-state index is 12.8. The Balaban J connectivity index is 2.28. The van der Waals surface area contributed by atoms with Gasteiger partial charge in [-0.15, -0.1) is 0 Å². The number of nitrogens with two attached hydrogens (primary N) is 1. The zero-order valence-electron chi connectivity index (χ0n) is 15.3. The second-order valence-corrected chi connectivity index (χ2v) is 6.48. The number of carboxylic acid groups (broad SMARTS) is 1. The van der Waals surface area contributed by atoms with Crippen molar-refractivity contribution in [3.05, 3.63) is 44.0 Å². The number of non-ortho nitro benzene ring substituents is 2. The number of hydrogen-bond donors (Lipinski definition) is 3. The Labute approximate surface area is 167 Å². The van der Waals surface area contributed by atoms with E-state index in [1.165, 1.54) is 0 Å². The maximum absolute atomic E-state index is 12.8. The molecule has 1 aromatic rings. The number of amides is 3. The molecule has 4 N–H and O–H groups in total. The number of nitrogens with zero attached hydrogens (tertiary/aromatic N) is 3.